The molecule has 2 aliphatic rings. The van der Waals surface area contributed by atoms with Gasteiger partial charge in [-0.1, -0.05) is 12.1 Å². The Kier molecular flexibility index (Phi) is 8.94. The van der Waals surface area contributed by atoms with Gasteiger partial charge in [-0.25, -0.2) is 4.98 Å². The van der Waals surface area contributed by atoms with Gasteiger partial charge in [0.1, 0.15) is 30.3 Å². The molecule has 2 N–H and O–H groups in total. The van der Waals surface area contributed by atoms with Crippen molar-refractivity contribution in [1.29, 1.82) is 0 Å². The number of anilines is 1. The van der Waals surface area contributed by atoms with Gasteiger partial charge in [-0.2, -0.15) is 0 Å². The summed E-state index contributed by atoms with van der Waals surface area (Å²) in [5.74, 6) is 1.55. The third kappa shape index (κ3) is 6.42. The highest BCUT2D eigenvalue weighted by atomic mass is 16.5. The number of fused-ring (bicyclic) bond motifs is 1. The molecule has 0 aliphatic carbocycles. The van der Waals surface area contributed by atoms with E-state index >= 15 is 0 Å². The second-order valence-corrected chi connectivity index (χ2v) is 9.05. The first kappa shape index (κ1) is 25.7. The molecule has 2 aliphatic heterocycles. The highest BCUT2D eigenvalue weighted by Crippen LogP contribution is 2.33. The molecule has 36 heavy (non-hydrogen) atoms. The molecule has 190 valence electrons. The van der Waals surface area contributed by atoms with Crippen molar-refractivity contribution in [3.63, 3.8) is 0 Å². The highest BCUT2D eigenvalue weighted by molar-refractivity contribution is 5.83. The van der Waals surface area contributed by atoms with Gasteiger partial charge in [0.05, 0.1) is 23.8 Å². The first-order valence-corrected chi connectivity index (χ1v) is 12.4. The lowest BCUT2D eigenvalue weighted by molar-refractivity contribution is -0.108. The number of carbonyl (C=O) groups is 1. The van der Waals surface area contributed by atoms with Crippen LogP contribution in [0.1, 0.15) is 12.8 Å². The van der Waals surface area contributed by atoms with Crippen LogP contribution in [0.2, 0.25) is 0 Å². The fraction of sp³-hybridized carbons (Fsp3) is 0.407. The fourth-order valence-electron chi connectivity index (χ4n) is 4.47. The minimum absolute atomic E-state index is 0.0997. The van der Waals surface area contributed by atoms with E-state index in [1.54, 1.807) is 0 Å². The van der Waals surface area contributed by atoms with E-state index in [4.69, 9.17) is 15.5 Å². The van der Waals surface area contributed by atoms with Gasteiger partial charge in [0.25, 0.3) is 0 Å². The molecule has 0 unspecified atom stereocenters. The molecule has 0 spiro atoms. The Morgan fingerprint density at radius 3 is 2.44 bits per heavy atom. The van der Waals surface area contributed by atoms with E-state index in [2.05, 4.69) is 44.5 Å². The van der Waals surface area contributed by atoms with Crippen LogP contribution in [0, 0.1) is 0 Å². The van der Waals surface area contributed by atoms with Gasteiger partial charge >= 0.3 is 0 Å². The van der Waals surface area contributed by atoms with E-state index < -0.39 is 0 Å². The molecule has 3 aromatic rings. The number of ether oxygens (including phenoxy) is 1. The Hall–Kier alpha value is -3.40. The van der Waals surface area contributed by atoms with Crippen molar-refractivity contribution in [3.05, 3.63) is 42.6 Å². The predicted molar refractivity (Wildman–Crippen MR) is 145 cm³/mol. The molecule has 2 saturated heterocycles. The summed E-state index contributed by atoms with van der Waals surface area (Å²) in [5.41, 5.74) is 9.96. The summed E-state index contributed by atoms with van der Waals surface area (Å²) in [6.07, 6.45) is 5.39. The van der Waals surface area contributed by atoms with Gasteiger partial charge in [-0.15, -0.1) is 0 Å². The quantitative estimate of drug-likeness (QED) is 0.307. The smallest absolute Gasteiger partial charge is 0.147 e. The maximum atomic E-state index is 9.92. The van der Waals surface area contributed by atoms with Crippen molar-refractivity contribution in [3.8, 4) is 16.9 Å². The second-order valence-electron chi connectivity index (χ2n) is 9.05. The van der Waals surface area contributed by atoms with E-state index in [0.29, 0.717) is 18.0 Å². The van der Waals surface area contributed by atoms with Crippen LogP contribution in [0.3, 0.4) is 0 Å². The van der Waals surface area contributed by atoms with Crippen LogP contribution in [0.25, 0.3) is 22.2 Å². The number of benzene rings is 2. The van der Waals surface area contributed by atoms with Crippen molar-refractivity contribution < 1.29 is 9.53 Å². The minimum Gasteiger partial charge on any atom is -0.476 e. The zero-order valence-electron chi connectivity index (χ0n) is 21.0. The first-order chi connectivity index (χ1) is 17.6. The third-order valence-electron chi connectivity index (χ3n) is 6.59. The molecule has 0 saturated carbocycles. The number of aliphatic imine (C=N–C) groups is 1. The number of rotatable bonds is 7. The van der Waals surface area contributed by atoms with Crippen molar-refractivity contribution in [1.82, 2.24) is 19.8 Å². The zero-order chi connectivity index (χ0) is 25.3. The average molecular weight is 490 g/mol. The Morgan fingerprint density at radius 2 is 1.75 bits per heavy atom. The number of carbonyl (C=O) groups excluding carboxylic acids is 1. The van der Waals surface area contributed by atoms with Crippen molar-refractivity contribution >= 4 is 35.5 Å². The minimum atomic E-state index is 0.0997. The molecule has 9 heteroatoms. The fourth-order valence-corrected chi connectivity index (χ4v) is 4.47. The number of nitrogens with zero attached hydrogens (tertiary/aromatic N) is 6. The van der Waals surface area contributed by atoms with Gasteiger partial charge in [0.2, 0.25) is 0 Å². The number of aromatic nitrogens is 2. The summed E-state index contributed by atoms with van der Waals surface area (Å²) in [6.45, 7) is 10.6. The molecule has 0 atom stereocenters. The van der Waals surface area contributed by atoms with Gasteiger partial charge in [-0.05, 0) is 75.1 Å². The number of piperazine rings is 1. The van der Waals surface area contributed by atoms with Crippen LogP contribution in [0.4, 0.5) is 11.5 Å². The summed E-state index contributed by atoms with van der Waals surface area (Å²) in [5, 5.41) is 0. The van der Waals surface area contributed by atoms with E-state index in [-0.39, 0.29) is 6.73 Å². The van der Waals surface area contributed by atoms with Crippen LogP contribution in [-0.2, 0) is 4.79 Å². The van der Waals surface area contributed by atoms with E-state index in [1.165, 1.54) is 12.8 Å². The standard InChI is InChI=1S/C21H24N6O.C6H11NO/c1-23-19-12-16(4-6-20(19)28-14-22)15-3-5-17-18(11-15)25-21(13-24-17)27-9-7-26(2)8-10-27;8-6-5-7-3-1-2-4-7/h3-6,11-13H,1,7-10,14,22H2,2H3;6H,1-5H2. The summed E-state index contributed by atoms with van der Waals surface area (Å²) in [6, 6.07) is 11.9. The molecule has 3 heterocycles. The number of likely N-dealkylation sites (tertiary alicyclic amines) is 1. The largest absolute Gasteiger partial charge is 0.476 e. The summed E-state index contributed by atoms with van der Waals surface area (Å²) in [4.78, 5) is 30.2. The van der Waals surface area contributed by atoms with Crippen LogP contribution in [0.5, 0.6) is 5.75 Å². The highest BCUT2D eigenvalue weighted by Gasteiger charge is 2.16. The Morgan fingerprint density at radius 1 is 1.03 bits per heavy atom. The normalized spacial score (nSPS) is 16.4. The van der Waals surface area contributed by atoms with E-state index in [1.807, 2.05) is 36.5 Å². The third-order valence-corrected chi connectivity index (χ3v) is 6.59. The Bertz CT molecular complexity index is 1170. The van der Waals surface area contributed by atoms with Crippen LogP contribution in [-0.4, -0.2) is 92.4 Å². The molecule has 0 radical (unpaired) electrons. The molecule has 1 aromatic heterocycles. The Balaban J connectivity index is 0.000000325. The summed E-state index contributed by atoms with van der Waals surface area (Å²) >= 11 is 0. The topological polar surface area (TPSA) is 100 Å². The van der Waals surface area contributed by atoms with Crippen molar-refractivity contribution in [2.24, 2.45) is 10.7 Å². The lowest BCUT2D eigenvalue weighted by atomic mass is 10.0. The zero-order valence-corrected chi connectivity index (χ0v) is 21.0. The van der Waals surface area contributed by atoms with Crippen molar-refractivity contribution in [2.75, 3.05) is 64.5 Å². The maximum absolute atomic E-state index is 9.92. The predicted octanol–water partition coefficient (Wildman–Crippen LogP) is 2.96. The van der Waals surface area contributed by atoms with Crippen LogP contribution < -0.4 is 15.4 Å². The number of hydrogen-bond donors (Lipinski definition) is 1. The molecule has 5 rings (SSSR count). The van der Waals surface area contributed by atoms with Gasteiger partial charge < -0.3 is 19.3 Å². The van der Waals surface area contributed by atoms with Crippen molar-refractivity contribution in [2.45, 2.75) is 12.8 Å². The van der Waals surface area contributed by atoms with Gasteiger partial charge in [0.15, 0.2) is 0 Å². The maximum Gasteiger partial charge on any atom is 0.147 e. The van der Waals surface area contributed by atoms with E-state index in [9.17, 15) is 4.79 Å². The molecule has 9 nitrogen and oxygen atoms in total. The lowest BCUT2D eigenvalue weighted by Gasteiger charge is -2.33. The molecular formula is C27H35N7O2. The lowest BCUT2D eigenvalue weighted by Crippen LogP contribution is -2.44. The molecule has 0 amide bonds. The average Bonchev–Trinajstić information content (AvgIpc) is 3.43. The van der Waals surface area contributed by atoms with Gasteiger partial charge in [-0.3, -0.25) is 20.6 Å². The molecular weight excluding hydrogens is 454 g/mol. The van der Waals surface area contributed by atoms with Crippen LogP contribution in [0.15, 0.2) is 47.6 Å². The Labute approximate surface area is 212 Å². The SMILES string of the molecule is C=Nc1cc(-c2ccc3ncc(N4CCN(C)CC4)nc3c2)ccc1OCN.O=CCN1CCCC1. The number of nitrogens with two attached hydrogens (primary N) is 1. The van der Waals surface area contributed by atoms with Crippen LogP contribution >= 0.6 is 0 Å². The molecule has 2 fully saturated rings. The van der Waals surface area contributed by atoms with Gasteiger partial charge in [0, 0.05) is 26.2 Å². The number of likely N-dealkylation sites (N-methyl/N-ethyl adjacent to an activating group) is 1. The summed E-state index contributed by atoms with van der Waals surface area (Å²) in [7, 11) is 2.14. The number of aldehydes is 1. The molecule has 2 aromatic carbocycles. The number of hydrogen-bond acceptors (Lipinski definition) is 9. The first-order valence-electron chi connectivity index (χ1n) is 12.4. The summed E-state index contributed by atoms with van der Waals surface area (Å²) < 4.78 is 5.39. The second kappa shape index (κ2) is 12.5. The molecule has 0 bridgehead atoms. The van der Waals surface area contributed by atoms with E-state index in [0.717, 1.165) is 73.5 Å². The monoisotopic (exact) mass is 489 g/mol.